The Kier molecular flexibility index (Phi) is 3.93. The van der Waals surface area contributed by atoms with E-state index in [1.165, 1.54) is 0 Å². The second-order valence-corrected chi connectivity index (χ2v) is 4.01. The summed E-state index contributed by atoms with van der Waals surface area (Å²) in [6.07, 6.45) is -4.54. The Morgan fingerprint density at radius 3 is 2.41 bits per heavy atom. The zero-order chi connectivity index (χ0) is 16.5. The van der Waals surface area contributed by atoms with E-state index in [4.69, 9.17) is 5.11 Å². The van der Waals surface area contributed by atoms with Crippen molar-refractivity contribution in [3.05, 3.63) is 47.3 Å². The molecule has 116 valence electrons. The normalized spacial score (nSPS) is 11.3. The van der Waals surface area contributed by atoms with Crippen molar-refractivity contribution in [2.24, 2.45) is 0 Å². The second kappa shape index (κ2) is 5.54. The van der Waals surface area contributed by atoms with E-state index in [0.717, 1.165) is 12.1 Å². The smallest absolute Gasteiger partial charge is 0.434 e. The number of carbonyl (C=O) groups is 1. The number of aromatic carboxylic acids is 1. The Labute approximate surface area is 119 Å². The summed E-state index contributed by atoms with van der Waals surface area (Å²) >= 11 is 0. The van der Waals surface area contributed by atoms with Crippen LogP contribution in [-0.4, -0.2) is 21.0 Å². The number of anilines is 2. The van der Waals surface area contributed by atoms with Crippen LogP contribution in [0.3, 0.4) is 0 Å². The SMILES string of the molecule is O=C(O)c1cnc(Nc2ccc(F)c(F)c2)nc1C(F)(F)F. The molecule has 0 unspecified atom stereocenters. The fraction of sp³-hybridized carbons (Fsp3) is 0.0833. The number of aromatic nitrogens is 2. The van der Waals surface area contributed by atoms with Gasteiger partial charge in [-0.1, -0.05) is 0 Å². The minimum absolute atomic E-state index is 0.102. The van der Waals surface area contributed by atoms with Gasteiger partial charge in [-0.25, -0.2) is 23.5 Å². The molecule has 5 nitrogen and oxygen atoms in total. The number of rotatable bonds is 3. The number of hydrogen-bond acceptors (Lipinski definition) is 4. The number of carboxylic acid groups (broad SMARTS) is 1. The van der Waals surface area contributed by atoms with Crippen molar-refractivity contribution in [3.63, 3.8) is 0 Å². The van der Waals surface area contributed by atoms with Crippen LogP contribution in [0.1, 0.15) is 16.1 Å². The van der Waals surface area contributed by atoms with Crippen LogP contribution in [0, 0.1) is 11.6 Å². The second-order valence-electron chi connectivity index (χ2n) is 4.01. The van der Waals surface area contributed by atoms with Gasteiger partial charge in [0.15, 0.2) is 17.3 Å². The number of halogens is 5. The lowest BCUT2D eigenvalue weighted by molar-refractivity contribution is -0.141. The summed E-state index contributed by atoms with van der Waals surface area (Å²) in [5.41, 5.74) is -2.88. The molecule has 2 N–H and O–H groups in total. The van der Waals surface area contributed by atoms with Gasteiger partial charge in [-0.3, -0.25) is 0 Å². The summed E-state index contributed by atoms with van der Waals surface area (Å²) in [5.74, 6) is -4.80. The number of nitrogens with one attached hydrogen (secondary N) is 1. The molecular weight excluding hydrogens is 313 g/mol. The van der Waals surface area contributed by atoms with Crippen LogP contribution in [0.4, 0.5) is 33.6 Å². The lowest BCUT2D eigenvalue weighted by Gasteiger charge is -2.11. The number of carboxylic acids is 1. The molecule has 10 heteroatoms. The minimum Gasteiger partial charge on any atom is -0.478 e. The molecule has 0 aliphatic rings. The van der Waals surface area contributed by atoms with E-state index in [9.17, 15) is 26.7 Å². The summed E-state index contributed by atoms with van der Waals surface area (Å²) in [4.78, 5) is 17.2. The summed E-state index contributed by atoms with van der Waals surface area (Å²) in [6.45, 7) is 0. The fourth-order valence-corrected chi connectivity index (χ4v) is 1.52. The van der Waals surface area contributed by atoms with Gasteiger partial charge in [0.1, 0.15) is 5.56 Å². The van der Waals surface area contributed by atoms with E-state index in [1.807, 2.05) is 0 Å². The lowest BCUT2D eigenvalue weighted by atomic mass is 10.2. The molecule has 0 saturated heterocycles. The quantitative estimate of drug-likeness (QED) is 0.850. The zero-order valence-electron chi connectivity index (χ0n) is 10.4. The highest BCUT2D eigenvalue weighted by molar-refractivity contribution is 5.88. The molecule has 22 heavy (non-hydrogen) atoms. The predicted octanol–water partition coefficient (Wildman–Crippen LogP) is 3.22. The standard InChI is InChI=1S/C12H6F5N3O2/c13-7-2-1-5(3-8(7)14)19-11-18-4-6(10(21)22)9(20-11)12(15,16)17/h1-4H,(H,21,22)(H,18,19,20). The monoisotopic (exact) mass is 319 g/mol. The van der Waals surface area contributed by atoms with Crippen molar-refractivity contribution in [3.8, 4) is 0 Å². The number of benzene rings is 1. The molecule has 0 atom stereocenters. The van der Waals surface area contributed by atoms with Gasteiger partial charge in [-0.05, 0) is 12.1 Å². The minimum atomic E-state index is -5.01. The van der Waals surface area contributed by atoms with Crippen molar-refractivity contribution < 1.29 is 31.9 Å². The number of hydrogen-bond donors (Lipinski definition) is 2. The average molecular weight is 319 g/mol. The molecule has 0 fully saturated rings. The first kappa shape index (κ1) is 15.6. The van der Waals surface area contributed by atoms with E-state index >= 15 is 0 Å². The maximum absolute atomic E-state index is 13.0. The van der Waals surface area contributed by atoms with Gasteiger partial charge < -0.3 is 10.4 Å². The van der Waals surface area contributed by atoms with Gasteiger partial charge in [-0.2, -0.15) is 13.2 Å². The topological polar surface area (TPSA) is 75.1 Å². The van der Waals surface area contributed by atoms with Gasteiger partial charge in [0.25, 0.3) is 0 Å². The van der Waals surface area contributed by atoms with Crippen molar-refractivity contribution in [1.82, 2.24) is 9.97 Å². The zero-order valence-corrected chi connectivity index (χ0v) is 10.4. The van der Waals surface area contributed by atoms with Crippen LogP contribution in [0.5, 0.6) is 0 Å². The Bertz CT molecular complexity index is 733. The van der Waals surface area contributed by atoms with Crippen molar-refractivity contribution in [2.45, 2.75) is 6.18 Å². The third kappa shape index (κ3) is 3.27. The van der Waals surface area contributed by atoms with E-state index in [1.54, 1.807) is 0 Å². The largest absolute Gasteiger partial charge is 0.478 e. The van der Waals surface area contributed by atoms with Crippen LogP contribution in [0.25, 0.3) is 0 Å². The maximum atomic E-state index is 13.0. The number of nitrogens with zero attached hydrogens (tertiary/aromatic N) is 2. The van der Waals surface area contributed by atoms with Gasteiger partial charge in [0, 0.05) is 18.0 Å². The molecule has 0 aliphatic heterocycles. The molecule has 1 aromatic carbocycles. The average Bonchev–Trinajstić information content (AvgIpc) is 2.41. The van der Waals surface area contributed by atoms with Gasteiger partial charge >= 0.3 is 12.1 Å². The van der Waals surface area contributed by atoms with Crippen molar-refractivity contribution >= 4 is 17.6 Å². The first-order valence-electron chi connectivity index (χ1n) is 5.58. The van der Waals surface area contributed by atoms with Gasteiger partial charge in [0.2, 0.25) is 5.95 Å². The van der Waals surface area contributed by atoms with Crippen LogP contribution in [0.15, 0.2) is 24.4 Å². The third-order valence-corrected chi connectivity index (χ3v) is 2.46. The Balaban J connectivity index is 2.40. The van der Waals surface area contributed by atoms with Crippen LogP contribution >= 0.6 is 0 Å². The highest BCUT2D eigenvalue weighted by Crippen LogP contribution is 2.31. The summed E-state index contributed by atoms with van der Waals surface area (Å²) in [5, 5.41) is 10.9. The van der Waals surface area contributed by atoms with Gasteiger partial charge in [0.05, 0.1) is 0 Å². The molecule has 0 aliphatic carbocycles. The van der Waals surface area contributed by atoms with E-state index in [-0.39, 0.29) is 5.69 Å². The molecule has 0 saturated carbocycles. The van der Waals surface area contributed by atoms with E-state index in [0.29, 0.717) is 12.3 Å². The summed E-state index contributed by atoms with van der Waals surface area (Å²) in [7, 11) is 0. The number of alkyl halides is 3. The first-order valence-corrected chi connectivity index (χ1v) is 5.58. The van der Waals surface area contributed by atoms with Crippen LogP contribution in [0.2, 0.25) is 0 Å². The highest BCUT2D eigenvalue weighted by atomic mass is 19.4. The Hall–Kier alpha value is -2.78. The molecular formula is C12H6F5N3O2. The van der Waals surface area contributed by atoms with Crippen molar-refractivity contribution in [2.75, 3.05) is 5.32 Å². The van der Waals surface area contributed by atoms with Crippen LogP contribution < -0.4 is 5.32 Å². The highest BCUT2D eigenvalue weighted by Gasteiger charge is 2.38. The molecule has 2 aromatic rings. The molecule has 1 aromatic heterocycles. The molecule has 1 heterocycles. The Morgan fingerprint density at radius 1 is 1.18 bits per heavy atom. The van der Waals surface area contributed by atoms with Crippen molar-refractivity contribution in [1.29, 1.82) is 0 Å². The molecule has 0 amide bonds. The summed E-state index contributed by atoms with van der Waals surface area (Å²) < 4.78 is 64.0. The summed E-state index contributed by atoms with van der Waals surface area (Å²) in [6, 6.07) is 2.51. The molecule has 2 rings (SSSR count). The van der Waals surface area contributed by atoms with E-state index in [2.05, 4.69) is 15.3 Å². The third-order valence-electron chi connectivity index (χ3n) is 2.46. The Morgan fingerprint density at radius 2 is 1.86 bits per heavy atom. The molecule has 0 bridgehead atoms. The lowest BCUT2D eigenvalue weighted by Crippen LogP contribution is -2.17. The first-order chi connectivity index (χ1) is 10.2. The van der Waals surface area contributed by atoms with Gasteiger partial charge in [-0.15, -0.1) is 0 Å². The molecule has 0 spiro atoms. The molecule has 0 radical (unpaired) electrons. The maximum Gasteiger partial charge on any atom is 0.434 e. The van der Waals surface area contributed by atoms with E-state index < -0.39 is 41.0 Å². The predicted molar refractivity (Wildman–Crippen MR) is 63.6 cm³/mol. The fourth-order valence-electron chi connectivity index (χ4n) is 1.52. The van der Waals surface area contributed by atoms with Crippen LogP contribution in [-0.2, 0) is 6.18 Å².